The van der Waals surface area contributed by atoms with Crippen molar-refractivity contribution >= 4 is 22.5 Å². The fraction of sp³-hybridized carbons (Fsp3) is 0.0833. The lowest BCUT2D eigenvalue weighted by molar-refractivity contribution is 1.08. The van der Waals surface area contributed by atoms with E-state index in [9.17, 15) is 0 Å². The zero-order valence-electron chi connectivity index (χ0n) is 13.8. The predicted molar refractivity (Wildman–Crippen MR) is 108 cm³/mol. The molecule has 4 aromatic carbocycles. The zero-order valence-corrected chi connectivity index (χ0v) is 14.6. The second kappa shape index (κ2) is 6.09. The summed E-state index contributed by atoms with van der Waals surface area (Å²) in [5, 5.41) is 3.51. The highest BCUT2D eigenvalue weighted by molar-refractivity contribution is 8.00. The van der Waals surface area contributed by atoms with Crippen LogP contribution in [-0.4, -0.2) is 0 Å². The Morgan fingerprint density at radius 3 is 1.44 bits per heavy atom. The average Bonchev–Trinajstić information content (AvgIpc) is 2.70. The van der Waals surface area contributed by atoms with Gasteiger partial charge in [-0.3, -0.25) is 0 Å². The van der Waals surface area contributed by atoms with Crippen molar-refractivity contribution in [2.24, 2.45) is 0 Å². The van der Waals surface area contributed by atoms with E-state index in [0.717, 1.165) is 0 Å². The topological polar surface area (TPSA) is 0 Å². The highest BCUT2D eigenvalue weighted by Crippen LogP contribution is 2.54. The highest BCUT2D eigenvalue weighted by atomic mass is 32.2. The van der Waals surface area contributed by atoms with Crippen LogP contribution >= 0.6 is 11.8 Å². The SMILES string of the molecule is c1ccc(C2SC(c3ccccc3)c3cccc4cccc2c34)cc1. The third-order valence-electron chi connectivity index (χ3n) is 5.01. The molecule has 2 unspecified atom stereocenters. The maximum absolute atomic E-state index is 2.30. The number of hydrogen-bond acceptors (Lipinski definition) is 1. The van der Waals surface area contributed by atoms with E-state index in [2.05, 4.69) is 109 Å². The third kappa shape index (κ3) is 2.47. The van der Waals surface area contributed by atoms with Crippen LogP contribution < -0.4 is 0 Å². The lowest BCUT2D eigenvalue weighted by Gasteiger charge is -2.32. The van der Waals surface area contributed by atoms with Crippen molar-refractivity contribution in [3.63, 3.8) is 0 Å². The van der Waals surface area contributed by atoms with Crippen LogP contribution in [0, 0.1) is 0 Å². The molecule has 0 nitrogen and oxygen atoms in total. The van der Waals surface area contributed by atoms with Crippen molar-refractivity contribution in [2.45, 2.75) is 10.5 Å². The second-order valence-corrected chi connectivity index (χ2v) is 7.73. The van der Waals surface area contributed by atoms with Gasteiger partial charge in [0.15, 0.2) is 0 Å². The van der Waals surface area contributed by atoms with Crippen molar-refractivity contribution in [3.05, 3.63) is 119 Å². The van der Waals surface area contributed by atoms with Crippen LogP contribution in [0.25, 0.3) is 10.8 Å². The van der Waals surface area contributed by atoms with E-state index in [1.165, 1.54) is 33.0 Å². The summed E-state index contributed by atoms with van der Waals surface area (Å²) in [4.78, 5) is 0. The molecular formula is C24H18S. The first-order valence-electron chi connectivity index (χ1n) is 8.69. The lowest BCUT2D eigenvalue weighted by Crippen LogP contribution is -2.10. The third-order valence-corrected chi connectivity index (χ3v) is 6.61. The Morgan fingerprint density at radius 2 is 0.960 bits per heavy atom. The summed E-state index contributed by atoms with van der Waals surface area (Å²) < 4.78 is 0. The number of hydrogen-bond donors (Lipinski definition) is 0. The molecule has 0 aliphatic carbocycles. The maximum Gasteiger partial charge on any atom is 0.0562 e. The molecule has 0 N–H and O–H groups in total. The van der Waals surface area contributed by atoms with Crippen LogP contribution in [0.2, 0.25) is 0 Å². The Balaban J connectivity index is 1.79. The van der Waals surface area contributed by atoms with E-state index < -0.39 is 0 Å². The van der Waals surface area contributed by atoms with Gasteiger partial charge in [-0.05, 0) is 33.0 Å². The number of benzene rings is 4. The second-order valence-electron chi connectivity index (χ2n) is 6.51. The average molecular weight is 338 g/mol. The molecule has 1 heteroatoms. The highest BCUT2D eigenvalue weighted by Gasteiger charge is 2.30. The molecule has 0 saturated carbocycles. The van der Waals surface area contributed by atoms with Crippen LogP contribution in [0.3, 0.4) is 0 Å². The molecule has 0 saturated heterocycles. The van der Waals surface area contributed by atoms with Gasteiger partial charge in [-0.1, -0.05) is 97.1 Å². The quantitative estimate of drug-likeness (QED) is 0.389. The molecule has 1 aliphatic heterocycles. The Hall–Kier alpha value is -2.51. The predicted octanol–water partition coefficient (Wildman–Crippen LogP) is 6.77. The summed E-state index contributed by atoms with van der Waals surface area (Å²) in [6.07, 6.45) is 0. The number of thioether (sulfide) groups is 1. The first-order valence-corrected chi connectivity index (χ1v) is 9.63. The number of rotatable bonds is 2. The van der Waals surface area contributed by atoms with E-state index in [1.54, 1.807) is 0 Å². The monoisotopic (exact) mass is 338 g/mol. The van der Waals surface area contributed by atoms with Gasteiger partial charge in [0.05, 0.1) is 10.5 Å². The van der Waals surface area contributed by atoms with E-state index in [1.807, 2.05) is 0 Å². The fourth-order valence-corrected chi connectivity index (χ4v) is 5.48. The molecule has 5 rings (SSSR count). The molecule has 4 aromatic rings. The lowest BCUT2D eigenvalue weighted by atomic mass is 9.91. The Kier molecular flexibility index (Phi) is 3.61. The first-order chi connectivity index (χ1) is 12.4. The molecular weight excluding hydrogens is 320 g/mol. The largest absolute Gasteiger partial charge is 0.136 e. The van der Waals surface area contributed by atoms with Gasteiger partial charge in [0, 0.05) is 0 Å². The Bertz CT molecular complexity index is 941. The maximum atomic E-state index is 2.30. The molecule has 1 aliphatic rings. The van der Waals surface area contributed by atoms with Crippen molar-refractivity contribution < 1.29 is 0 Å². The molecule has 0 spiro atoms. The van der Waals surface area contributed by atoms with Gasteiger partial charge >= 0.3 is 0 Å². The molecule has 1 heterocycles. The molecule has 2 atom stereocenters. The van der Waals surface area contributed by atoms with Crippen molar-refractivity contribution in [2.75, 3.05) is 0 Å². The normalized spacial score (nSPS) is 19.0. The Morgan fingerprint density at radius 1 is 0.480 bits per heavy atom. The molecule has 25 heavy (non-hydrogen) atoms. The van der Waals surface area contributed by atoms with Gasteiger partial charge in [-0.2, -0.15) is 0 Å². The van der Waals surface area contributed by atoms with Crippen molar-refractivity contribution in [1.82, 2.24) is 0 Å². The first kappa shape index (κ1) is 14.8. The van der Waals surface area contributed by atoms with Crippen LogP contribution in [0.15, 0.2) is 97.1 Å². The standard InChI is InChI=1S/C24H18S/c1-3-9-18(10-4-1)23-20-15-7-13-17-14-8-16-21(22(17)20)24(25-23)19-11-5-2-6-12-19/h1-16,23-24H. The summed E-state index contributed by atoms with van der Waals surface area (Å²) in [5.41, 5.74) is 5.65. The van der Waals surface area contributed by atoms with E-state index in [-0.39, 0.29) is 0 Å². The smallest absolute Gasteiger partial charge is 0.0562 e. The summed E-state index contributed by atoms with van der Waals surface area (Å²) in [5.74, 6) is 0. The van der Waals surface area contributed by atoms with Gasteiger partial charge < -0.3 is 0 Å². The van der Waals surface area contributed by atoms with Crippen LogP contribution in [0.5, 0.6) is 0 Å². The minimum Gasteiger partial charge on any atom is -0.136 e. The van der Waals surface area contributed by atoms with Gasteiger partial charge in [0.2, 0.25) is 0 Å². The van der Waals surface area contributed by atoms with Crippen LogP contribution in [0.1, 0.15) is 32.8 Å². The fourth-order valence-electron chi connectivity index (χ4n) is 3.89. The van der Waals surface area contributed by atoms with E-state index >= 15 is 0 Å². The Labute approximate surface area is 152 Å². The molecule has 0 amide bonds. The minimum atomic E-state index is 0.366. The van der Waals surface area contributed by atoms with E-state index in [0.29, 0.717) is 10.5 Å². The summed E-state index contributed by atoms with van der Waals surface area (Å²) in [6, 6.07) is 35.3. The molecule has 120 valence electrons. The van der Waals surface area contributed by atoms with Crippen LogP contribution in [0.4, 0.5) is 0 Å². The van der Waals surface area contributed by atoms with Gasteiger partial charge in [-0.15, -0.1) is 11.8 Å². The molecule has 0 aromatic heterocycles. The van der Waals surface area contributed by atoms with Gasteiger partial charge in [0.1, 0.15) is 0 Å². The van der Waals surface area contributed by atoms with E-state index in [4.69, 9.17) is 0 Å². The minimum absolute atomic E-state index is 0.366. The molecule has 0 bridgehead atoms. The van der Waals surface area contributed by atoms with Crippen LogP contribution in [-0.2, 0) is 0 Å². The van der Waals surface area contributed by atoms with Crippen molar-refractivity contribution in [1.29, 1.82) is 0 Å². The summed E-state index contributed by atoms with van der Waals surface area (Å²) >= 11 is 2.05. The zero-order chi connectivity index (χ0) is 16.6. The summed E-state index contributed by atoms with van der Waals surface area (Å²) in [7, 11) is 0. The van der Waals surface area contributed by atoms with Crippen molar-refractivity contribution in [3.8, 4) is 0 Å². The van der Waals surface area contributed by atoms with Gasteiger partial charge in [-0.25, -0.2) is 0 Å². The molecule has 0 fully saturated rings. The van der Waals surface area contributed by atoms with Gasteiger partial charge in [0.25, 0.3) is 0 Å². The molecule has 0 radical (unpaired) electrons. The summed E-state index contributed by atoms with van der Waals surface area (Å²) in [6.45, 7) is 0.